The van der Waals surface area contributed by atoms with Crippen molar-refractivity contribution < 1.29 is 14.3 Å². The highest BCUT2D eigenvalue weighted by Gasteiger charge is 2.21. The number of rotatable bonds is 6. The molecule has 2 heterocycles. The smallest absolute Gasteiger partial charge is 0.357 e. The SMILES string of the molecule is C[C@@H]1CCCC[C@H]1OCCOC(=O)c1cc(-n2ccnc2)ccn1. The van der Waals surface area contributed by atoms with Gasteiger partial charge in [0.2, 0.25) is 0 Å². The Morgan fingerprint density at radius 2 is 2.17 bits per heavy atom. The highest BCUT2D eigenvalue weighted by atomic mass is 16.6. The first-order valence-corrected chi connectivity index (χ1v) is 8.47. The van der Waals surface area contributed by atoms with Crippen LogP contribution in [0, 0.1) is 5.92 Å². The maximum absolute atomic E-state index is 12.1. The first-order valence-electron chi connectivity index (χ1n) is 8.47. The van der Waals surface area contributed by atoms with Crippen LogP contribution < -0.4 is 0 Å². The molecule has 0 aromatic carbocycles. The fraction of sp³-hybridized carbons (Fsp3) is 0.500. The van der Waals surface area contributed by atoms with E-state index in [4.69, 9.17) is 9.47 Å². The van der Waals surface area contributed by atoms with Crippen molar-refractivity contribution in [3.63, 3.8) is 0 Å². The van der Waals surface area contributed by atoms with E-state index in [2.05, 4.69) is 16.9 Å². The van der Waals surface area contributed by atoms with Crippen molar-refractivity contribution in [2.24, 2.45) is 5.92 Å². The summed E-state index contributed by atoms with van der Waals surface area (Å²) < 4.78 is 12.9. The maximum Gasteiger partial charge on any atom is 0.357 e. The van der Waals surface area contributed by atoms with Crippen LogP contribution in [0.1, 0.15) is 43.1 Å². The summed E-state index contributed by atoms with van der Waals surface area (Å²) in [6, 6.07) is 3.50. The molecule has 0 aliphatic heterocycles. The number of carbonyl (C=O) groups is 1. The Morgan fingerprint density at radius 1 is 1.29 bits per heavy atom. The lowest BCUT2D eigenvalue weighted by Crippen LogP contribution is -2.27. The van der Waals surface area contributed by atoms with E-state index >= 15 is 0 Å². The molecule has 128 valence electrons. The maximum atomic E-state index is 12.1. The van der Waals surface area contributed by atoms with Gasteiger partial charge in [-0.3, -0.25) is 0 Å². The van der Waals surface area contributed by atoms with Crippen molar-refractivity contribution in [1.82, 2.24) is 14.5 Å². The van der Waals surface area contributed by atoms with Crippen LogP contribution in [0.5, 0.6) is 0 Å². The van der Waals surface area contributed by atoms with Crippen molar-refractivity contribution in [3.05, 3.63) is 42.7 Å². The molecule has 1 aliphatic carbocycles. The second-order valence-corrected chi connectivity index (χ2v) is 6.18. The van der Waals surface area contributed by atoms with Gasteiger partial charge < -0.3 is 14.0 Å². The average molecular weight is 329 g/mol. The normalized spacial score (nSPS) is 20.7. The molecule has 0 radical (unpaired) electrons. The molecule has 1 saturated carbocycles. The van der Waals surface area contributed by atoms with E-state index < -0.39 is 5.97 Å². The second kappa shape index (κ2) is 8.06. The number of imidazole rings is 1. The van der Waals surface area contributed by atoms with Crippen LogP contribution >= 0.6 is 0 Å². The Labute approximate surface area is 141 Å². The van der Waals surface area contributed by atoms with Gasteiger partial charge in [-0.25, -0.2) is 14.8 Å². The molecule has 24 heavy (non-hydrogen) atoms. The van der Waals surface area contributed by atoms with Gasteiger partial charge in [0.05, 0.1) is 24.7 Å². The van der Waals surface area contributed by atoms with Gasteiger partial charge in [0.1, 0.15) is 12.3 Å². The van der Waals surface area contributed by atoms with Crippen LogP contribution in [-0.2, 0) is 9.47 Å². The lowest BCUT2D eigenvalue weighted by atomic mass is 9.88. The molecule has 0 spiro atoms. The van der Waals surface area contributed by atoms with Crippen LogP contribution in [0.3, 0.4) is 0 Å². The van der Waals surface area contributed by atoms with Crippen LogP contribution in [0.15, 0.2) is 37.1 Å². The monoisotopic (exact) mass is 329 g/mol. The van der Waals surface area contributed by atoms with Gasteiger partial charge in [0.15, 0.2) is 0 Å². The highest BCUT2D eigenvalue weighted by Crippen LogP contribution is 2.26. The number of ether oxygens (including phenoxy) is 2. The van der Waals surface area contributed by atoms with Gasteiger partial charge in [0.25, 0.3) is 0 Å². The van der Waals surface area contributed by atoms with Crippen molar-refractivity contribution in [1.29, 1.82) is 0 Å². The minimum absolute atomic E-state index is 0.249. The molecule has 0 amide bonds. The number of aromatic nitrogens is 3. The summed E-state index contributed by atoms with van der Waals surface area (Å²) in [5.74, 6) is 0.153. The number of hydrogen-bond acceptors (Lipinski definition) is 5. The van der Waals surface area contributed by atoms with Gasteiger partial charge in [-0.1, -0.05) is 19.8 Å². The summed E-state index contributed by atoms with van der Waals surface area (Å²) in [7, 11) is 0. The third-order valence-corrected chi connectivity index (χ3v) is 4.44. The Morgan fingerprint density at radius 3 is 2.96 bits per heavy atom. The lowest BCUT2D eigenvalue weighted by molar-refractivity contribution is -0.0272. The quantitative estimate of drug-likeness (QED) is 0.602. The minimum Gasteiger partial charge on any atom is -0.459 e. The summed E-state index contributed by atoms with van der Waals surface area (Å²) in [5.41, 5.74) is 1.11. The fourth-order valence-corrected chi connectivity index (χ4v) is 3.04. The van der Waals surface area contributed by atoms with Gasteiger partial charge >= 0.3 is 5.97 Å². The molecular weight excluding hydrogens is 306 g/mol. The summed E-state index contributed by atoms with van der Waals surface area (Å²) in [4.78, 5) is 20.2. The Hall–Kier alpha value is -2.21. The van der Waals surface area contributed by atoms with Crippen LogP contribution in [0.2, 0.25) is 0 Å². The van der Waals surface area contributed by atoms with Gasteiger partial charge in [-0.05, 0) is 30.9 Å². The van der Waals surface area contributed by atoms with Crippen molar-refractivity contribution in [2.75, 3.05) is 13.2 Å². The second-order valence-electron chi connectivity index (χ2n) is 6.18. The third-order valence-electron chi connectivity index (χ3n) is 4.44. The number of pyridine rings is 1. The van der Waals surface area contributed by atoms with Crippen LogP contribution in [-0.4, -0.2) is 39.8 Å². The molecule has 2 aromatic rings. The standard InChI is InChI=1S/C18H23N3O3/c1-14-4-2-3-5-17(14)23-10-11-24-18(22)16-12-15(6-7-20-16)21-9-8-19-13-21/h6-9,12-14,17H,2-5,10-11H2,1H3/t14-,17-/m1/s1. The molecule has 0 bridgehead atoms. The number of nitrogens with zero attached hydrogens (tertiary/aromatic N) is 3. The molecule has 2 atom stereocenters. The van der Waals surface area contributed by atoms with E-state index in [9.17, 15) is 4.79 Å². The lowest BCUT2D eigenvalue weighted by Gasteiger charge is -2.28. The zero-order valence-corrected chi connectivity index (χ0v) is 13.9. The molecule has 2 aromatic heterocycles. The summed E-state index contributed by atoms with van der Waals surface area (Å²) in [6.07, 6.45) is 11.9. The minimum atomic E-state index is -0.433. The molecule has 3 rings (SSSR count). The zero-order chi connectivity index (χ0) is 16.8. The fourth-order valence-electron chi connectivity index (χ4n) is 3.04. The van der Waals surface area contributed by atoms with E-state index in [0.29, 0.717) is 18.6 Å². The molecule has 0 saturated heterocycles. The predicted octanol–water partition coefficient (Wildman–Crippen LogP) is 3.02. The van der Waals surface area contributed by atoms with E-state index in [1.165, 1.54) is 19.3 Å². The third kappa shape index (κ3) is 4.20. The summed E-state index contributed by atoms with van der Waals surface area (Å²) in [6.45, 7) is 2.91. The Bertz CT molecular complexity index is 657. The number of hydrogen-bond donors (Lipinski definition) is 0. The van der Waals surface area contributed by atoms with Crippen LogP contribution in [0.4, 0.5) is 0 Å². The van der Waals surface area contributed by atoms with E-state index in [1.807, 2.05) is 16.8 Å². The Balaban J connectivity index is 1.48. The average Bonchev–Trinajstić information content (AvgIpc) is 3.15. The number of esters is 1. The predicted molar refractivity (Wildman–Crippen MR) is 89.0 cm³/mol. The van der Waals surface area contributed by atoms with E-state index in [0.717, 1.165) is 12.1 Å². The van der Waals surface area contributed by atoms with Gasteiger partial charge in [-0.2, -0.15) is 0 Å². The van der Waals surface area contributed by atoms with Crippen molar-refractivity contribution in [2.45, 2.75) is 38.7 Å². The van der Waals surface area contributed by atoms with Crippen molar-refractivity contribution in [3.8, 4) is 5.69 Å². The molecule has 1 aliphatic rings. The van der Waals surface area contributed by atoms with Gasteiger partial charge in [0, 0.05) is 18.6 Å². The number of carbonyl (C=O) groups excluding carboxylic acids is 1. The molecule has 0 unspecified atom stereocenters. The van der Waals surface area contributed by atoms with E-state index in [1.54, 1.807) is 24.8 Å². The molecule has 6 nitrogen and oxygen atoms in total. The topological polar surface area (TPSA) is 66.2 Å². The zero-order valence-electron chi connectivity index (χ0n) is 13.9. The Kier molecular flexibility index (Phi) is 5.59. The van der Waals surface area contributed by atoms with Crippen molar-refractivity contribution >= 4 is 5.97 Å². The molecule has 6 heteroatoms. The largest absolute Gasteiger partial charge is 0.459 e. The summed E-state index contributed by atoms with van der Waals surface area (Å²) >= 11 is 0. The highest BCUT2D eigenvalue weighted by molar-refractivity contribution is 5.87. The molecular formula is C18H23N3O3. The van der Waals surface area contributed by atoms with E-state index in [-0.39, 0.29) is 12.3 Å². The first kappa shape index (κ1) is 16.6. The molecule has 1 fully saturated rings. The summed E-state index contributed by atoms with van der Waals surface area (Å²) in [5, 5.41) is 0. The first-order chi connectivity index (χ1) is 11.7. The van der Waals surface area contributed by atoms with Gasteiger partial charge in [-0.15, -0.1) is 0 Å². The molecule has 0 N–H and O–H groups in total. The van der Waals surface area contributed by atoms with Crippen LogP contribution in [0.25, 0.3) is 5.69 Å².